The molecule has 0 aliphatic carbocycles. The quantitative estimate of drug-likeness (QED) is 0.635. The van der Waals surface area contributed by atoms with E-state index in [1.54, 1.807) is 18.2 Å². The standard InChI is InChI=1S/C18H14ClNO2.K/c1-10-6-11(2)17-14(7-10)15(18(21)22)9-16(20-17)12-4-3-5-13(19)8-12;/h3-9H,1-2H3,(H,21,22);/q;+1/p-1. The van der Waals surface area contributed by atoms with Gasteiger partial charge in [-0.05, 0) is 43.7 Å². The van der Waals surface area contributed by atoms with Crippen LogP contribution in [0.25, 0.3) is 22.2 Å². The Bertz CT molecular complexity index is 909. The fourth-order valence-electron chi connectivity index (χ4n) is 2.65. The monoisotopic (exact) mass is 349 g/mol. The number of aryl methyl sites for hydroxylation is 2. The van der Waals surface area contributed by atoms with Gasteiger partial charge in [0, 0.05) is 21.5 Å². The molecule has 3 rings (SSSR count). The fourth-order valence-corrected chi connectivity index (χ4v) is 2.84. The third-order valence-electron chi connectivity index (χ3n) is 3.59. The summed E-state index contributed by atoms with van der Waals surface area (Å²) in [5.41, 5.74) is 4.08. The zero-order chi connectivity index (χ0) is 15.9. The molecule has 0 unspecified atom stereocenters. The van der Waals surface area contributed by atoms with Gasteiger partial charge in [-0.3, -0.25) is 0 Å². The average molecular weight is 350 g/mol. The van der Waals surface area contributed by atoms with Crippen LogP contribution in [0.5, 0.6) is 0 Å². The van der Waals surface area contributed by atoms with E-state index < -0.39 is 5.97 Å². The third-order valence-corrected chi connectivity index (χ3v) is 3.82. The average Bonchev–Trinajstić information content (AvgIpc) is 2.46. The molecule has 23 heavy (non-hydrogen) atoms. The molecule has 0 atom stereocenters. The van der Waals surface area contributed by atoms with Crippen molar-refractivity contribution in [2.24, 2.45) is 0 Å². The predicted octanol–water partition coefficient (Wildman–Crippen LogP) is 0.540. The molecule has 5 heteroatoms. The van der Waals surface area contributed by atoms with E-state index in [0.717, 1.165) is 16.7 Å². The van der Waals surface area contributed by atoms with E-state index >= 15 is 0 Å². The number of hydrogen-bond acceptors (Lipinski definition) is 3. The molecular weight excluding hydrogens is 337 g/mol. The number of aromatic carboxylic acids is 1. The number of aromatic nitrogens is 1. The summed E-state index contributed by atoms with van der Waals surface area (Å²) in [5, 5.41) is 12.7. The van der Waals surface area contributed by atoms with Crippen molar-refractivity contribution in [1.82, 2.24) is 4.98 Å². The summed E-state index contributed by atoms with van der Waals surface area (Å²) in [4.78, 5) is 16.1. The van der Waals surface area contributed by atoms with Crippen molar-refractivity contribution < 1.29 is 61.3 Å². The minimum atomic E-state index is -1.21. The Kier molecular flexibility index (Phi) is 6.00. The first-order valence-electron chi connectivity index (χ1n) is 6.85. The van der Waals surface area contributed by atoms with Gasteiger partial charge in [-0.2, -0.15) is 0 Å². The number of carbonyl (C=O) groups excluding carboxylic acids is 1. The van der Waals surface area contributed by atoms with Crippen LogP contribution in [0, 0.1) is 13.8 Å². The van der Waals surface area contributed by atoms with Crippen molar-refractivity contribution >= 4 is 28.5 Å². The Hall–Kier alpha value is -0.754. The van der Waals surface area contributed by atoms with Gasteiger partial charge in [-0.25, -0.2) is 4.98 Å². The van der Waals surface area contributed by atoms with Crippen LogP contribution in [-0.4, -0.2) is 11.0 Å². The SMILES string of the molecule is Cc1cc(C)c2nc(-c3cccc(Cl)c3)cc(C(=O)[O-])c2c1.[K+]. The van der Waals surface area contributed by atoms with Gasteiger partial charge in [0.2, 0.25) is 0 Å². The van der Waals surface area contributed by atoms with Crippen LogP contribution in [0.15, 0.2) is 42.5 Å². The first kappa shape index (κ1) is 18.6. The van der Waals surface area contributed by atoms with E-state index in [0.29, 0.717) is 21.6 Å². The molecule has 1 heterocycles. The second-order valence-electron chi connectivity index (χ2n) is 5.33. The fraction of sp³-hybridized carbons (Fsp3) is 0.111. The van der Waals surface area contributed by atoms with Crippen molar-refractivity contribution in [2.75, 3.05) is 0 Å². The van der Waals surface area contributed by atoms with Gasteiger partial charge in [-0.1, -0.05) is 35.4 Å². The van der Waals surface area contributed by atoms with Crippen molar-refractivity contribution in [3.8, 4) is 11.3 Å². The summed E-state index contributed by atoms with van der Waals surface area (Å²) in [7, 11) is 0. The Labute approximate surface area is 182 Å². The summed E-state index contributed by atoms with van der Waals surface area (Å²) < 4.78 is 0. The zero-order valence-electron chi connectivity index (χ0n) is 13.2. The summed E-state index contributed by atoms with van der Waals surface area (Å²) in [6, 6.07) is 12.5. The van der Waals surface area contributed by atoms with Crippen LogP contribution in [0.4, 0.5) is 0 Å². The first-order chi connectivity index (χ1) is 10.5. The number of halogens is 1. The van der Waals surface area contributed by atoms with E-state index in [9.17, 15) is 9.90 Å². The molecule has 0 aliphatic rings. The maximum Gasteiger partial charge on any atom is 1.00 e. The molecule has 0 saturated carbocycles. The van der Waals surface area contributed by atoms with Gasteiger partial charge in [0.25, 0.3) is 0 Å². The Balaban J connectivity index is 0.00000192. The largest absolute Gasteiger partial charge is 1.00 e. The van der Waals surface area contributed by atoms with Crippen LogP contribution in [0.1, 0.15) is 21.5 Å². The first-order valence-corrected chi connectivity index (χ1v) is 7.23. The van der Waals surface area contributed by atoms with E-state index in [-0.39, 0.29) is 56.9 Å². The number of rotatable bonds is 2. The smallest absolute Gasteiger partial charge is 0.545 e. The van der Waals surface area contributed by atoms with Gasteiger partial charge >= 0.3 is 51.4 Å². The summed E-state index contributed by atoms with van der Waals surface area (Å²) in [6.45, 7) is 3.85. The molecule has 0 aliphatic heterocycles. The maximum atomic E-state index is 11.5. The molecular formula is C18H13ClKNO2. The molecule has 0 bridgehead atoms. The number of carboxylic acid groups (broad SMARTS) is 1. The van der Waals surface area contributed by atoms with Gasteiger partial charge in [0.15, 0.2) is 0 Å². The van der Waals surface area contributed by atoms with Gasteiger partial charge < -0.3 is 9.90 Å². The van der Waals surface area contributed by atoms with Crippen molar-refractivity contribution in [2.45, 2.75) is 13.8 Å². The number of benzene rings is 2. The molecule has 0 spiro atoms. The normalized spacial score (nSPS) is 10.4. The molecule has 3 aromatic rings. The topological polar surface area (TPSA) is 53.0 Å². The molecule has 0 saturated heterocycles. The number of pyridine rings is 1. The second kappa shape index (κ2) is 7.43. The predicted molar refractivity (Wildman–Crippen MR) is 86.0 cm³/mol. The molecule has 1 aromatic heterocycles. The minimum Gasteiger partial charge on any atom is -0.545 e. The van der Waals surface area contributed by atoms with Crippen LogP contribution >= 0.6 is 11.6 Å². The van der Waals surface area contributed by atoms with E-state index in [4.69, 9.17) is 11.6 Å². The summed E-state index contributed by atoms with van der Waals surface area (Å²) in [6.07, 6.45) is 0. The van der Waals surface area contributed by atoms with E-state index in [1.807, 2.05) is 38.1 Å². The van der Waals surface area contributed by atoms with Crippen LogP contribution in [0.2, 0.25) is 5.02 Å². The molecule has 0 N–H and O–H groups in total. The summed E-state index contributed by atoms with van der Waals surface area (Å²) >= 11 is 6.01. The van der Waals surface area contributed by atoms with Gasteiger partial charge in [0.05, 0.1) is 17.2 Å². The van der Waals surface area contributed by atoms with E-state index in [1.165, 1.54) is 0 Å². The number of nitrogens with zero attached hydrogens (tertiary/aromatic N) is 1. The van der Waals surface area contributed by atoms with Crippen LogP contribution in [-0.2, 0) is 0 Å². The molecule has 2 aromatic carbocycles. The number of carboxylic acids is 1. The molecule has 0 fully saturated rings. The second-order valence-corrected chi connectivity index (χ2v) is 5.77. The molecule has 0 radical (unpaired) electrons. The van der Waals surface area contributed by atoms with Crippen molar-refractivity contribution in [3.63, 3.8) is 0 Å². The van der Waals surface area contributed by atoms with Crippen LogP contribution < -0.4 is 56.5 Å². The number of carbonyl (C=O) groups is 1. The zero-order valence-corrected chi connectivity index (χ0v) is 17.1. The third kappa shape index (κ3) is 3.84. The van der Waals surface area contributed by atoms with Crippen molar-refractivity contribution in [3.05, 3.63) is 64.2 Å². The summed E-state index contributed by atoms with van der Waals surface area (Å²) in [5.74, 6) is -1.21. The van der Waals surface area contributed by atoms with Crippen molar-refractivity contribution in [1.29, 1.82) is 0 Å². The van der Waals surface area contributed by atoms with Gasteiger partial charge in [-0.15, -0.1) is 0 Å². The Morgan fingerprint density at radius 2 is 1.87 bits per heavy atom. The molecule has 3 nitrogen and oxygen atoms in total. The van der Waals surface area contributed by atoms with Crippen LogP contribution in [0.3, 0.4) is 0 Å². The molecule has 0 amide bonds. The van der Waals surface area contributed by atoms with E-state index in [2.05, 4.69) is 4.98 Å². The van der Waals surface area contributed by atoms with Gasteiger partial charge in [0.1, 0.15) is 0 Å². The molecule has 110 valence electrons. The number of hydrogen-bond donors (Lipinski definition) is 0. The minimum absolute atomic E-state index is 0. The Morgan fingerprint density at radius 3 is 2.52 bits per heavy atom. The Morgan fingerprint density at radius 1 is 1.13 bits per heavy atom. The number of fused-ring (bicyclic) bond motifs is 1. The maximum absolute atomic E-state index is 11.5.